The third kappa shape index (κ3) is 5.89. The van der Waals surface area contributed by atoms with E-state index in [1.165, 1.54) is 11.8 Å². The van der Waals surface area contributed by atoms with Gasteiger partial charge in [-0.05, 0) is 48.6 Å². The average Bonchev–Trinajstić information content (AvgIpc) is 2.72. The normalized spacial score (nSPS) is 11.3. The number of hydrogen-bond acceptors (Lipinski definition) is 4. The first-order valence-electron chi connectivity index (χ1n) is 10.4. The Morgan fingerprint density at radius 2 is 1.97 bits per heavy atom. The van der Waals surface area contributed by atoms with E-state index in [1.807, 2.05) is 31.2 Å². The molecular weight excluding hydrogens is 430 g/mol. The number of benzene rings is 2. The summed E-state index contributed by atoms with van der Waals surface area (Å²) in [7, 11) is 1.80. The maximum atomic E-state index is 13.1. The summed E-state index contributed by atoms with van der Waals surface area (Å²) in [6.07, 6.45) is 0.857. The minimum Gasteiger partial charge on any atom is -0.341 e. The zero-order valence-electron chi connectivity index (χ0n) is 18.4. The maximum absolute atomic E-state index is 13.1. The van der Waals surface area contributed by atoms with Crippen LogP contribution in [0.4, 0.5) is 0 Å². The molecule has 0 radical (unpaired) electrons. The third-order valence-corrected chi connectivity index (χ3v) is 6.43. The van der Waals surface area contributed by atoms with Crippen LogP contribution < -0.4 is 5.56 Å². The van der Waals surface area contributed by atoms with Gasteiger partial charge < -0.3 is 4.90 Å². The van der Waals surface area contributed by atoms with Gasteiger partial charge in [-0.15, -0.1) is 0 Å². The van der Waals surface area contributed by atoms with Gasteiger partial charge in [-0.3, -0.25) is 14.2 Å². The van der Waals surface area contributed by atoms with Crippen LogP contribution in [0.25, 0.3) is 10.9 Å². The number of carbonyl (C=O) groups excluding carboxylic acids is 1. The van der Waals surface area contributed by atoms with Gasteiger partial charge in [0.05, 0.1) is 16.7 Å². The fraction of sp³-hybridized carbons (Fsp3) is 0.375. The summed E-state index contributed by atoms with van der Waals surface area (Å²) >= 11 is 7.41. The summed E-state index contributed by atoms with van der Waals surface area (Å²) in [4.78, 5) is 32.3. The third-order valence-electron chi connectivity index (χ3n) is 5.23. The Bertz CT molecular complexity index is 1140. The van der Waals surface area contributed by atoms with E-state index in [0.29, 0.717) is 40.1 Å². The Labute approximate surface area is 192 Å². The quantitative estimate of drug-likeness (QED) is 0.346. The molecule has 0 fully saturated rings. The van der Waals surface area contributed by atoms with Crippen molar-refractivity contribution in [2.75, 3.05) is 12.8 Å². The van der Waals surface area contributed by atoms with Crippen molar-refractivity contribution in [2.45, 2.75) is 45.4 Å². The van der Waals surface area contributed by atoms with Crippen LogP contribution in [0.1, 0.15) is 31.4 Å². The smallest absolute Gasteiger partial charge is 0.262 e. The van der Waals surface area contributed by atoms with Gasteiger partial charge in [-0.25, -0.2) is 4.98 Å². The first-order valence-corrected chi connectivity index (χ1v) is 11.7. The molecule has 1 heterocycles. The lowest BCUT2D eigenvalue weighted by atomic mass is 10.1. The minimum atomic E-state index is -0.0921. The van der Waals surface area contributed by atoms with Gasteiger partial charge in [-0.2, -0.15) is 0 Å². The van der Waals surface area contributed by atoms with E-state index < -0.39 is 0 Å². The molecule has 3 aromatic rings. The van der Waals surface area contributed by atoms with Crippen LogP contribution in [0, 0.1) is 12.8 Å². The van der Waals surface area contributed by atoms with E-state index in [9.17, 15) is 9.59 Å². The highest BCUT2D eigenvalue weighted by Gasteiger charge is 2.16. The van der Waals surface area contributed by atoms with Gasteiger partial charge in [0, 0.05) is 25.2 Å². The Balaban J connectivity index is 1.81. The number of amides is 1. The van der Waals surface area contributed by atoms with Crippen molar-refractivity contribution in [3.63, 3.8) is 0 Å². The van der Waals surface area contributed by atoms with Crippen LogP contribution in [-0.4, -0.2) is 33.2 Å². The number of thioether (sulfide) groups is 1. The largest absolute Gasteiger partial charge is 0.341 e. The number of aryl methyl sites for hydroxylation is 1. The monoisotopic (exact) mass is 457 g/mol. The molecule has 0 bridgehead atoms. The van der Waals surface area contributed by atoms with Crippen LogP contribution >= 0.6 is 23.4 Å². The molecule has 0 aliphatic carbocycles. The Morgan fingerprint density at radius 1 is 1.23 bits per heavy atom. The lowest BCUT2D eigenvalue weighted by Gasteiger charge is -2.19. The molecule has 5 nitrogen and oxygen atoms in total. The van der Waals surface area contributed by atoms with Crippen molar-refractivity contribution in [1.29, 1.82) is 0 Å². The molecule has 7 heteroatoms. The Morgan fingerprint density at radius 3 is 2.68 bits per heavy atom. The van der Waals surface area contributed by atoms with E-state index in [4.69, 9.17) is 11.6 Å². The first kappa shape index (κ1) is 23.4. The topological polar surface area (TPSA) is 55.2 Å². The second-order valence-electron chi connectivity index (χ2n) is 8.16. The van der Waals surface area contributed by atoms with Gasteiger partial charge >= 0.3 is 0 Å². The number of aromatic nitrogens is 2. The summed E-state index contributed by atoms with van der Waals surface area (Å²) < 4.78 is 1.69. The van der Waals surface area contributed by atoms with Gasteiger partial charge in [0.2, 0.25) is 5.91 Å². The van der Waals surface area contributed by atoms with Gasteiger partial charge in [0.25, 0.3) is 5.56 Å². The molecule has 0 aliphatic rings. The van der Waals surface area contributed by atoms with E-state index in [2.05, 4.69) is 18.8 Å². The molecule has 164 valence electrons. The fourth-order valence-electron chi connectivity index (χ4n) is 3.24. The molecule has 31 heavy (non-hydrogen) atoms. The molecule has 2 aromatic carbocycles. The van der Waals surface area contributed by atoms with Crippen LogP contribution in [0.3, 0.4) is 0 Å². The number of fused-ring (bicyclic) bond motifs is 1. The van der Waals surface area contributed by atoms with E-state index in [1.54, 1.807) is 34.7 Å². The zero-order chi connectivity index (χ0) is 22.5. The van der Waals surface area contributed by atoms with Crippen molar-refractivity contribution < 1.29 is 4.79 Å². The predicted octanol–water partition coefficient (Wildman–Crippen LogP) is 5.16. The molecule has 3 rings (SSSR count). The molecule has 0 unspecified atom stereocenters. The molecule has 0 aliphatic heterocycles. The van der Waals surface area contributed by atoms with Crippen molar-refractivity contribution >= 4 is 40.2 Å². The van der Waals surface area contributed by atoms with Crippen LogP contribution in [-0.2, 0) is 17.9 Å². The van der Waals surface area contributed by atoms with Crippen molar-refractivity contribution in [3.8, 4) is 0 Å². The Hall–Kier alpha value is -2.31. The number of rotatable bonds is 8. The second kappa shape index (κ2) is 10.3. The van der Waals surface area contributed by atoms with Crippen molar-refractivity contribution in [3.05, 3.63) is 69.0 Å². The second-order valence-corrected chi connectivity index (χ2v) is 9.54. The molecule has 0 saturated heterocycles. The molecule has 0 atom stereocenters. The SMILES string of the molecule is Cc1ccccc1CN(C)C(=O)CSc1nc2cc(Cl)ccc2c(=O)n1CCC(C)C. The van der Waals surface area contributed by atoms with E-state index >= 15 is 0 Å². The van der Waals surface area contributed by atoms with Crippen LogP contribution in [0.2, 0.25) is 5.02 Å². The predicted molar refractivity (Wildman–Crippen MR) is 129 cm³/mol. The van der Waals surface area contributed by atoms with Crippen LogP contribution in [0.5, 0.6) is 0 Å². The molecule has 0 spiro atoms. The molecule has 0 saturated carbocycles. The molecular formula is C24H28ClN3O2S. The maximum Gasteiger partial charge on any atom is 0.262 e. The first-order chi connectivity index (χ1) is 14.8. The highest BCUT2D eigenvalue weighted by atomic mass is 35.5. The number of halogens is 1. The number of nitrogens with zero attached hydrogens (tertiary/aromatic N) is 3. The lowest BCUT2D eigenvalue weighted by Crippen LogP contribution is -2.29. The summed E-state index contributed by atoms with van der Waals surface area (Å²) in [5, 5.41) is 1.63. The summed E-state index contributed by atoms with van der Waals surface area (Å²) in [5.41, 5.74) is 2.74. The average molecular weight is 458 g/mol. The Kier molecular flexibility index (Phi) is 7.79. The van der Waals surface area contributed by atoms with Crippen LogP contribution in [0.15, 0.2) is 52.4 Å². The highest BCUT2D eigenvalue weighted by molar-refractivity contribution is 7.99. The summed E-state index contributed by atoms with van der Waals surface area (Å²) in [5.74, 6) is 0.652. The highest BCUT2D eigenvalue weighted by Crippen LogP contribution is 2.22. The van der Waals surface area contributed by atoms with Gasteiger partial charge in [0.1, 0.15) is 0 Å². The lowest BCUT2D eigenvalue weighted by molar-refractivity contribution is -0.127. The standard InChI is InChI=1S/C24H28ClN3O2S/c1-16(2)11-12-28-23(30)20-10-9-19(25)13-21(20)26-24(28)31-15-22(29)27(4)14-18-8-6-5-7-17(18)3/h5-10,13,16H,11-12,14-15H2,1-4H3. The van der Waals surface area contributed by atoms with E-state index in [-0.39, 0.29) is 17.2 Å². The molecule has 1 amide bonds. The number of hydrogen-bond donors (Lipinski definition) is 0. The number of carbonyl (C=O) groups is 1. The molecule has 0 N–H and O–H groups in total. The minimum absolute atomic E-state index is 0.0101. The fourth-order valence-corrected chi connectivity index (χ4v) is 4.37. The van der Waals surface area contributed by atoms with Crippen molar-refractivity contribution in [2.24, 2.45) is 5.92 Å². The van der Waals surface area contributed by atoms with Gasteiger partial charge in [-0.1, -0.05) is 61.5 Å². The van der Waals surface area contributed by atoms with Crippen molar-refractivity contribution in [1.82, 2.24) is 14.5 Å². The molecule has 1 aromatic heterocycles. The van der Waals surface area contributed by atoms with Gasteiger partial charge in [0.15, 0.2) is 5.16 Å². The van der Waals surface area contributed by atoms with E-state index in [0.717, 1.165) is 17.5 Å². The summed E-state index contributed by atoms with van der Waals surface area (Å²) in [6, 6.07) is 13.2. The summed E-state index contributed by atoms with van der Waals surface area (Å²) in [6.45, 7) is 7.40. The zero-order valence-corrected chi connectivity index (χ0v) is 20.0.